The second-order valence-electron chi connectivity index (χ2n) is 7.04. The third-order valence-electron chi connectivity index (χ3n) is 4.29. The van der Waals surface area contributed by atoms with Gasteiger partial charge in [0.25, 0.3) is 5.91 Å². The summed E-state index contributed by atoms with van der Waals surface area (Å²) < 4.78 is 5.44. The minimum absolute atomic E-state index is 0.125. The van der Waals surface area contributed by atoms with Crippen LogP contribution in [0.5, 0.6) is 0 Å². The van der Waals surface area contributed by atoms with Crippen molar-refractivity contribution in [3.63, 3.8) is 0 Å². The summed E-state index contributed by atoms with van der Waals surface area (Å²) in [4.78, 5) is 18.4. The normalized spacial score (nSPS) is 22.2. The molecule has 0 atom stereocenters. The van der Waals surface area contributed by atoms with Gasteiger partial charge in [-0.05, 0) is 36.5 Å². The summed E-state index contributed by atoms with van der Waals surface area (Å²) in [6.45, 7) is 7.83. The molecule has 3 rings (SSSR count). The molecule has 0 radical (unpaired) electrons. The van der Waals surface area contributed by atoms with E-state index in [1.165, 1.54) is 11.9 Å². The Hall–Kier alpha value is -2.21. The largest absolute Gasteiger partial charge is 0.378 e. The monoisotopic (exact) mass is 328 g/mol. The van der Waals surface area contributed by atoms with Crippen molar-refractivity contribution in [3.8, 4) is 0 Å². The highest BCUT2D eigenvalue weighted by molar-refractivity contribution is 5.99. The summed E-state index contributed by atoms with van der Waals surface area (Å²) in [5.74, 6) is -0.236. The molecule has 1 aliphatic carbocycles. The third kappa shape index (κ3) is 4.20. The van der Waals surface area contributed by atoms with Crippen LogP contribution in [0.3, 0.4) is 0 Å². The maximum absolute atomic E-state index is 12.1. The molecular formula is C18H24N4O2. The minimum atomic E-state index is -0.236. The van der Waals surface area contributed by atoms with E-state index in [2.05, 4.69) is 40.3 Å². The van der Waals surface area contributed by atoms with E-state index >= 15 is 0 Å². The van der Waals surface area contributed by atoms with Gasteiger partial charge in [0.15, 0.2) is 0 Å². The van der Waals surface area contributed by atoms with Gasteiger partial charge in [0.1, 0.15) is 0 Å². The van der Waals surface area contributed by atoms with Crippen LogP contribution in [-0.4, -0.2) is 47.8 Å². The summed E-state index contributed by atoms with van der Waals surface area (Å²) in [5, 5.41) is 4.36. The minimum Gasteiger partial charge on any atom is -0.378 e. The maximum atomic E-state index is 12.1. The Balaban J connectivity index is 1.74. The lowest BCUT2D eigenvalue weighted by Gasteiger charge is -2.38. The van der Waals surface area contributed by atoms with Crippen LogP contribution in [0, 0.1) is 5.41 Å². The smallest absolute Gasteiger partial charge is 0.272 e. The van der Waals surface area contributed by atoms with Crippen LogP contribution in [-0.2, 0) is 4.74 Å². The van der Waals surface area contributed by atoms with E-state index < -0.39 is 0 Å². The summed E-state index contributed by atoms with van der Waals surface area (Å²) in [5.41, 5.74) is 5.47. The number of nitrogens with one attached hydrogen (secondary N) is 1. The number of hydrogen-bond donors (Lipinski definition) is 1. The summed E-state index contributed by atoms with van der Waals surface area (Å²) in [6, 6.07) is 3.46. The van der Waals surface area contributed by atoms with E-state index in [0.29, 0.717) is 5.56 Å². The molecule has 0 spiro atoms. The molecule has 0 bridgehead atoms. The Labute approximate surface area is 142 Å². The lowest BCUT2D eigenvalue weighted by atomic mass is 9.78. The highest BCUT2D eigenvalue weighted by Gasteiger charge is 2.29. The highest BCUT2D eigenvalue weighted by Crippen LogP contribution is 2.35. The van der Waals surface area contributed by atoms with Gasteiger partial charge in [-0.15, -0.1) is 0 Å². The molecular weight excluding hydrogens is 304 g/mol. The molecule has 128 valence electrons. The van der Waals surface area contributed by atoms with Crippen molar-refractivity contribution in [2.24, 2.45) is 10.5 Å². The SMILES string of the molecule is CC1(C)CC(N2CCOCC2)=C/C(=N\NC(=O)c2cccnc2)C1. The Morgan fingerprint density at radius 1 is 1.33 bits per heavy atom. The van der Waals surface area contributed by atoms with Crippen molar-refractivity contribution in [2.75, 3.05) is 26.3 Å². The molecule has 1 saturated heterocycles. The number of aromatic nitrogens is 1. The Bertz CT molecular complexity index is 646. The number of pyridine rings is 1. The van der Waals surface area contributed by atoms with E-state index in [-0.39, 0.29) is 11.3 Å². The zero-order chi connectivity index (χ0) is 17.0. The van der Waals surface area contributed by atoms with Gasteiger partial charge in [0, 0.05) is 31.2 Å². The van der Waals surface area contributed by atoms with Crippen molar-refractivity contribution in [1.29, 1.82) is 0 Å². The second-order valence-corrected chi connectivity index (χ2v) is 7.04. The first-order valence-electron chi connectivity index (χ1n) is 8.34. The Kier molecular flexibility index (Phi) is 4.94. The van der Waals surface area contributed by atoms with Crippen LogP contribution >= 0.6 is 0 Å². The molecule has 2 aliphatic rings. The number of hydrazone groups is 1. The van der Waals surface area contributed by atoms with Crippen LogP contribution in [0.4, 0.5) is 0 Å². The predicted octanol–water partition coefficient (Wildman–Crippen LogP) is 2.20. The number of carbonyl (C=O) groups is 1. The van der Waals surface area contributed by atoms with Crippen molar-refractivity contribution >= 4 is 11.6 Å². The van der Waals surface area contributed by atoms with E-state index in [0.717, 1.165) is 44.9 Å². The molecule has 0 saturated carbocycles. The van der Waals surface area contributed by atoms with Crippen LogP contribution < -0.4 is 5.43 Å². The number of rotatable bonds is 3. The molecule has 1 fully saturated rings. The fourth-order valence-electron chi connectivity index (χ4n) is 3.15. The maximum Gasteiger partial charge on any atom is 0.272 e. The number of ether oxygens (including phenoxy) is 1. The van der Waals surface area contributed by atoms with Gasteiger partial charge in [-0.3, -0.25) is 9.78 Å². The number of morpholine rings is 1. The first kappa shape index (κ1) is 16.6. The second kappa shape index (κ2) is 7.13. The third-order valence-corrected chi connectivity index (χ3v) is 4.29. The Morgan fingerprint density at radius 3 is 2.83 bits per heavy atom. The molecule has 2 heterocycles. The lowest BCUT2D eigenvalue weighted by Crippen LogP contribution is -2.39. The van der Waals surface area contributed by atoms with Crippen LogP contribution in [0.1, 0.15) is 37.0 Å². The van der Waals surface area contributed by atoms with Gasteiger partial charge in [-0.2, -0.15) is 5.10 Å². The van der Waals surface area contributed by atoms with Gasteiger partial charge in [0.2, 0.25) is 0 Å². The van der Waals surface area contributed by atoms with Crippen molar-refractivity contribution in [1.82, 2.24) is 15.3 Å². The van der Waals surface area contributed by atoms with Gasteiger partial charge in [-0.1, -0.05) is 13.8 Å². The molecule has 0 aromatic carbocycles. The lowest BCUT2D eigenvalue weighted by molar-refractivity contribution is 0.0491. The zero-order valence-corrected chi connectivity index (χ0v) is 14.3. The molecule has 6 heteroatoms. The molecule has 1 amide bonds. The average Bonchev–Trinajstić information content (AvgIpc) is 2.60. The fourth-order valence-corrected chi connectivity index (χ4v) is 3.15. The standard InChI is InChI=1S/C18H24N4O2/c1-18(2)11-15(10-16(12-18)22-6-8-24-9-7-22)20-21-17(23)14-4-3-5-19-13-14/h3-5,10,13H,6-9,11-12H2,1-2H3,(H,21,23)/b20-15+. The molecule has 1 aromatic heterocycles. The topological polar surface area (TPSA) is 66.8 Å². The summed E-state index contributed by atoms with van der Waals surface area (Å²) in [6.07, 6.45) is 7.15. The number of nitrogens with zero attached hydrogens (tertiary/aromatic N) is 3. The van der Waals surface area contributed by atoms with Crippen molar-refractivity contribution < 1.29 is 9.53 Å². The number of amides is 1. The number of allylic oxidation sites excluding steroid dienone is 2. The highest BCUT2D eigenvalue weighted by atomic mass is 16.5. The zero-order valence-electron chi connectivity index (χ0n) is 14.3. The van der Waals surface area contributed by atoms with Gasteiger partial charge < -0.3 is 9.64 Å². The van der Waals surface area contributed by atoms with Gasteiger partial charge in [-0.25, -0.2) is 5.43 Å². The summed E-state index contributed by atoms with van der Waals surface area (Å²) in [7, 11) is 0. The van der Waals surface area contributed by atoms with Crippen LogP contribution in [0.25, 0.3) is 0 Å². The van der Waals surface area contributed by atoms with E-state index in [9.17, 15) is 4.79 Å². The predicted molar refractivity (Wildman–Crippen MR) is 92.6 cm³/mol. The quantitative estimate of drug-likeness (QED) is 0.864. The summed E-state index contributed by atoms with van der Waals surface area (Å²) >= 11 is 0. The van der Waals surface area contributed by atoms with Crippen LogP contribution in [0.15, 0.2) is 41.4 Å². The number of carbonyl (C=O) groups excluding carboxylic acids is 1. The van der Waals surface area contributed by atoms with Gasteiger partial charge in [0.05, 0.1) is 24.5 Å². The van der Waals surface area contributed by atoms with E-state index in [1.807, 2.05) is 0 Å². The van der Waals surface area contributed by atoms with Crippen LogP contribution in [0.2, 0.25) is 0 Å². The Morgan fingerprint density at radius 2 is 2.12 bits per heavy atom. The van der Waals surface area contributed by atoms with Gasteiger partial charge >= 0.3 is 0 Å². The average molecular weight is 328 g/mol. The first-order chi connectivity index (χ1) is 11.5. The fraction of sp³-hybridized carbons (Fsp3) is 0.500. The molecule has 6 nitrogen and oxygen atoms in total. The van der Waals surface area contributed by atoms with E-state index in [1.54, 1.807) is 18.3 Å². The number of hydrogen-bond acceptors (Lipinski definition) is 5. The first-order valence-corrected chi connectivity index (χ1v) is 8.34. The van der Waals surface area contributed by atoms with Crippen molar-refractivity contribution in [2.45, 2.75) is 26.7 Å². The molecule has 0 unspecified atom stereocenters. The molecule has 1 aliphatic heterocycles. The molecule has 1 N–H and O–H groups in total. The van der Waals surface area contributed by atoms with Crippen molar-refractivity contribution in [3.05, 3.63) is 41.9 Å². The molecule has 24 heavy (non-hydrogen) atoms. The van der Waals surface area contributed by atoms with E-state index in [4.69, 9.17) is 4.74 Å². The molecule has 1 aromatic rings.